The Morgan fingerprint density at radius 3 is 2.53 bits per heavy atom. The van der Waals surface area contributed by atoms with Crippen molar-refractivity contribution >= 4 is 33.9 Å². The number of amides is 2. The summed E-state index contributed by atoms with van der Waals surface area (Å²) in [6, 6.07) is 14.6. The summed E-state index contributed by atoms with van der Waals surface area (Å²) in [7, 11) is 3.58. The van der Waals surface area contributed by atoms with Crippen molar-refractivity contribution in [3.8, 4) is 34.3 Å². The minimum absolute atomic E-state index is 0.0282. The van der Waals surface area contributed by atoms with Crippen LogP contribution in [0.2, 0.25) is 0 Å². The molecule has 3 aromatic heterocycles. The van der Waals surface area contributed by atoms with Crippen LogP contribution < -0.4 is 16.2 Å². The van der Waals surface area contributed by atoms with Gasteiger partial charge in [-0.3, -0.25) is 9.59 Å². The highest BCUT2D eigenvalue weighted by atomic mass is 16.5. The highest BCUT2D eigenvalue weighted by molar-refractivity contribution is 6.01. The Labute approximate surface area is 259 Å². The summed E-state index contributed by atoms with van der Waals surface area (Å²) in [6.45, 7) is 1.49. The lowest BCUT2D eigenvalue weighted by molar-refractivity contribution is 0.0700. The first kappa shape index (κ1) is 27.6. The zero-order valence-electron chi connectivity index (χ0n) is 25.2. The lowest BCUT2D eigenvalue weighted by Gasteiger charge is -2.27. The number of piperidine rings is 1. The number of carbonyl (C=O) groups is 2. The molecule has 2 amide bonds. The van der Waals surface area contributed by atoms with Gasteiger partial charge in [-0.15, -0.1) is 0 Å². The average Bonchev–Trinajstić information content (AvgIpc) is 3.44. The molecule has 2 aromatic carbocycles. The van der Waals surface area contributed by atoms with E-state index in [1.54, 1.807) is 13.2 Å². The van der Waals surface area contributed by atoms with E-state index in [0.717, 1.165) is 60.3 Å². The number of nitrogens with two attached hydrogens (primary N) is 2. The average molecular weight is 606 g/mol. The molecule has 0 radical (unpaired) electrons. The van der Waals surface area contributed by atoms with Crippen LogP contribution in [0.15, 0.2) is 48.5 Å². The van der Waals surface area contributed by atoms with Crippen LogP contribution in [-0.2, 0) is 13.6 Å². The molecule has 2 saturated carbocycles. The Bertz CT molecular complexity index is 2040. The Morgan fingerprint density at radius 2 is 1.87 bits per heavy atom. The first-order valence-corrected chi connectivity index (χ1v) is 15.5. The van der Waals surface area contributed by atoms with E-state index in [1.807, 2.05) is 40.8 Å². The molecule has 1 saturated heterocycles. The second kappa shape index (κ2) is 10.1. The molecular weight excluding hydrogens is 570 g/mol. The first-order valence-electron chi connectivity index (χ1n) is 15.5. The van der Waals surface area contributed by atoms with Crippen molar-refractivity contribution in [1.29, 1.82) is 0 Å². The molecular formula is C34H35N7O4. The number of ether oxygens (including phenoxy) is 1. The van der Waals surface area contributed by atoms with Gasteiger partial charge in [0.15, 0.2) is 5.82 Å². The number of aryl methyl sites for hydroxylation is 1. The summed E-state index contributed by atoms with van der Waals surface area (Å²) in [6.07, 6.45) is 4.35. The van der Waals surface area contributed by atoms with Crippen molar-refractivity contribution < 1.29 is 19.4 Å². The number of pyridine rings is 1. The van der Waals surface area contributed by atoms with E-state index >= 15 is 0 Å². The van der Waals surface area contributed by atoms with Crippen molar-refractivity contribution in [2.45, 2.75) is 44.3 Å². The SMILES string of the molecule is COc1cc(C(=O)N2CC3CCC2C3N)cc2nc(-c3cc4ccc(-c5ccc(C(N)=O)c(O)c5)nc4n3CC3CC3)n(C)c12. The number of carbonyl (C=O) groups excluding carboxylic acids is 2. The molecule has 2 bridgehead atoms. The number of nitrogens with zero attached hydrogens (tertiary/aromatic N) is 5. The Morgan fingerprint density at radius 1 is 1.04 bits per heavy atom. The second-order valence-electron chi connectivity index (χ2n) is 12.8. The summed E-state index contributed by atoms with van der Waals surface area (Å²) in [4.78, 5) is 37.4. The van der Waals surface area contributed by atoms with Crippen LogP contribution in [-0.4, -0.2) is 66.7 Å². The van der Waals surface area contributed by atoms with Crippen molar-refractivity contribution in [3.63, 3.8) is 0 Å². The molecule has 5 N–H and O–H groups in total. The topological polar surface area (TPSA) is 155 Å². The van der Waals surface area contributed by atoms with Gasteiger partial charge in [0.2, 0.25) is 0 Å². The molecule has 1 aliphatic heterocycles. The number of imidazole rings is 1. The third kappa shape index (κ3) is 4.36. The smallest absolute Gasteiger partial charge is 0.254 e. The van der Waals surface area contributed by atoms with Gasteiger partial charge in [-0.05, 0) is 80.0 Å². The maximum absolute atomic E-state index is 13.7. The van der Waals surface area contributed by atoms with Gasteiger partial charge in [0, 0.05) is 48.7 Å². The monoisotopic (exact) mass is 605 g/mol. The molecule has 4 heterocycles. The Balaban J connectivity index is 1.23. The number of phenols is 1. The van der Waals surface area contributed by atoms with Crippen molar-refractivity contribution in [2.24, 2.45) is 30.4 Å². The van der Waals surface area contributed by atoms with Crippen LogP contribution >= 0.6 is 0 Å². The number of methoxy groups -OCH3 is 1. The van der Waals surface area contributed by atoms with Gasteiger partial charge < -0.3 is 35.3 Å². The molecule has 3 atom stereocenters. The van der Waals surface area contributed by atoms with Gasteiger partial charge in [0.1, 0.15) is 22.7 Å². The van der Waals surface area contributed by atoms with Crippen molar-refractivity contribution in [1.82, 2.24) is 24.0 Å². The fraction of sp³-hybridized carbons (Fsp3) is 0.353. The Kier molecular flexibility index (Phi) is 6.18. The number of rotatable bonds is 7. The summed E-state index contributed by atoms with van der Waals surface area (Å²) in [5.41, 5.74) is 17.0. The number of hydrogen-bond donors (Lipinski definition) is 3. The van der Waals surface area contributed by atoms with Crippen molar-refractivity contribution in [2.75, 3.05) is 13.7 Å². The first-order chi connectivity index (χ1) is 21.7. The van der Waals surface area contributed by atoms with Crippen LogP contribution in [0.1, 0.15) is 46.4 Å². The second-order valence-corrected chi connectivity index (χ2v) is 12.8. The molecule has 11 nitrogen and oxygen atoms in total. The summed E-state index contributed by atoms with van der Waals surface area (Å²) in [5, 5.41) is 11.3. The predicted molar refractivity (Wildman–Crippen MR) is 170 cm³/mol. The summed E-state index contributed by atoms with van der Waals surface area (Å²) < 4.78 is 10.1. The zero-order chi connectivity index (χ0) is 31.1. The van der Waals surface area contributed by atoms with E-state index in [4.69, 9.17) is 26.2 Å². The summed E-state index contributed by atoms with van der Waals surface area (Å²) >= 11 is 0. The molecule has 3 aliphatic rings. The minimum Gasteiger partial charge on any atom is -0.507 e. The van der Waals surface area contributed by atoms with E-state index in [2.05, 4.69) is 10.6 Å². The van der Waals surface area contributed by atoms with Gasteiger partial charge in [0.05, 0.1) is 29.6 Å². The van der Waals surface area contributed by atoms with Crippen LogP contribution in [0.25, 0.3) is 44.8 Å². The van der Waals surface area contributed by atoms with Gasteiger partial charge in [-0.25, -0.2) is 9.97 Å². The molecule has 5 aromatic rings. The molecule has 3 unspecified atom stereocenters. The highest BCUT2D eigenvalue weighted by Crippen LogP contribution is 2.40. The summed E-state index contributed by atoms with van der Waals surface area (Å²) in [5.74, 6) is 1.37. The zero-order valence-corrected chi connectivity index (χ0v) is 25.2. The van der Waals surface area contributed by atoms with Crippen LogP contribution in [0.5, 0.6) is 11.5 Å². The normalized spacial score (nSPS) is 20.9. The Hall–Kier alpha value is -4.90. The largest absolute Gasteiger partial charge is 0.507 e. The third-order valence-electron chi connectivity index (χ3n) is 9.99. The van der Waals surface area contributed by atoms with Crippen LogP contribution in [0.3, 0.4) is 0 Å². The fourth-order valence-corrected chi connectivity index (χ4v) is 7.38. The number of likely N-dealkylation sites (tertiary alicyclic amines) is 1. The third-order valence-corrected chi connectivity index (χ3v) is 9.99. The number of fused-ring (bicyclic) bond motifs is 4. The molecule has 45 heavy (non-hydrogen) atoms. The van der Waals surface area contributed by atoms with Crippen LogP contribution in [0, 0.1) is 11.8 Å². The maximum atomic E-state index is 13.7. The number of benzene rings is 2. The molecule has 0 spiro atoms. The lowest BCUT2D eigenvalue weighted by Crippen LogP contribution is -2.41. The fourth-order valence-electron chi connectivity index (χ4n) is 7.38. The maximum Gasteiger partial charge on any atom is 0.254 e. The molecule has 11 heteroatoms. The highest BCUT2D eigenvalue weighted by Gasteiger charge is 2.47. The number of aromatic nitrogens is 4. The van der Waals surface area contributed by atoms with Crippen LogP contribution in [0.4, 0.5) is 0 Å². The predicted octanol–water partition coefficient (Wildman–Crippen LogP) is 4.04. The van der Waals surface area contributed by atoms with E-state index in [9.17, 15) is 14.7 Å². The molecule has 230 valence electrons. The van der Waals surface area contributed by atoms with E-state index in [1.165, 1.54) is 12.1 Å². The number of primary amides is 1. The molecule has 3 fully saturated rings. The van der Waals surface area contributed by atoms with Gasteiger partial charge >= 0.3 is 0 Å². The van der Waals surface area contributed by atoms with E-state index in [-0.39, 0.29) is 29.3 Å². The van der Waals surface area contributed by atoms with E-state index in [0.29, 0.717) is 46.5 Å². The van der Waals surface area contributed by atoms with Gasteiger partial charge in [0.25, 0.3) is 11.8 Å². The van der Waals surface area contributed by atoms with Crippen molar-refractivity contribution in [3.05, 3.63) is 59.7 Å². The van der Waals surface area contributed by atoms with Gasteiger partial charge in [-0.2, -0.15) is 0 Å². The lowest BCUT2D eigenvalue weighted by atomic mass is 10.1. The quantitative estimate of drug-likeness (QED) is 0.253. The minimum atomic E-state index is -0.687. The molecule has 2 aliphatic carbocycles. The number of aromatic hydroxyl groups is 1. The van der Waals surface area contributed by atoms with Gasteiger partial charge in [-0.1, -0.05) is 6.07 Å². The number of hydrogen-bond acceptors (Lipinski definition) is 7. The molecule has 8 rings (SSSR count). The van der Waals surface area contributed by atoms with E-state index < -0.39 is 5.91 Å². The standard InChI is InChI=1S/C34H35N7O4/c1-39-30-24(11-21(14-28(30)45-2)34(44)41-16-20-7-10-25(41)29(20)35)38-33(39)26-12-19-6-9-23(37-32(19)40(26)15-17-3-4-17)18-5-8-22(31(36)43)27(42)13-18/h5-6,8-9,11-14,17,20,25,29,42H,3-4,7,10,15-16,35H2,1-2H3,(H2,36,43).